The zero-order chi connectivity index (χ0) is 25.7. The molecular weight excluding hydrogens is 486 g/mol. The van der Waals surface area contributed by atoms with Gasteiger partial charge in [-0.2, -0.15) is 5.26 Å². The Hall–Kier alpha value is -3.18. The normalized spacial score (nSPS) is 25.9. The molecule has 1 aliphatic heterocycles. The maximum absolute atomic E-state index is 13.1. The topological polar surface area (TPSA) is 90.9 Å². The molecule has 6 rings (SSSR count). The van der Waals surface area contributed by atoms with Crippen molar-refractivity contribution in [3.05, 3.63) is 35.2 Å². The number of pyridine rings is 2. The van der Waals surface area contributed by atoms with E-state index in [4.69, 9.17) is 21.6 Å². The molecule has 4 heterocycles. The van der Waals surface area contributed by atoms with E-state index in [1.165, 1.54) is 25.7 Å². The molecule has 3 aromatic rings. The van der Waals surface area contributed by atoms with Crippen molar-refractivity contribution in [2.75, 3.05) is 18.5 Å². The lowest BCUT2D eigenvalue weighted by molar-refractivity contribution is -0.132. The summed E-state index contributed by atoms with van der Waals surface area (Å²) in [6, 6.07) is 6.25. The molecule has 0 radical (unpaired) electrons. The standard InChI is InChI=1S/C28H32ClN7O/c1-17-6-8-18(9-7-17)15-36-27-22(11-21(12-30)32-26(27)19-10-20(29)14-31-13-19)33-28(36)35-16-25(37)34(2)23-4-3-5-24(23)35/h10-11,13-14,17-18,23-24H,3-9,15-16H2,1-2H3/t17-,18-,23-,24-/m0/s1. The number of amides is 1. The van der Waals surface area contributed by atoms with Crippen molar-refractivity contribution >= 4 is 34.5 Å². The number of aromatic nitrogens is 4. The maximum atomic E-state index is 13.1. The Kier molecular flexibility index (Phi) is 6.28. The number of hydrogen-bond acceptors (Lipinski definition) is 6. The van der Waals surface area contributed by atoms with Gasteiger partial charge in [-0.25, -0.2) is 9.97 Å². The number of hydrogen-bond donors (Lipinski definition) is 0. The largest absolute Gasteiger partial charge is 0.339 e. The Morgan fingerprint density at radius 2 is 1.86 bits per heavy atom. The van der Waals surface area contributed by atoms with Crippen molar-refractivity contribution in [1.82, 2.24) is 24.4 Å². The van der Waals surface area contributed by atoms with Gasteiger partial charge in [0, 0.05) is 37.6 Å². The molecule has 3 fully saturated rings. The Morgan fingerprint density at radius 1 is 1.08 bits per heavy atom. The molecule has 2 atom stereocenters. The number of piperazine rings is 1. The highest BCUT2D eigenvalue weighted by molar-refractivity contribution is 6.30. The Balaban J connectivity index is 1.55. The third-order valence-corrected chi connectivity index (χ3v) is 8.88. The van der Waals surface area contributed by atoms with E-state index in [0.29, 0.717) is 28.9 Å². The lowest BCUT2D eigenvalue weighted by Crippen LogP contribution is -2.59. The quantitative estimate of drug-likeness (QED) is 0.481. The van der Waals surface area contributed by atoms with Gasteiger partial charge in [0.1, 0.15) is 18.3 Å². The van der Waals surface area contributed by atoms with E-state index in [2.05, 4.69) is 27.4 Å². The van der Waals surface area contributed by atoms with E-state index in [1.54, 1.807) is 18.5 Å². The molecule has 192 valence electrons. The molecule has 3 aliphatic rings. The number of anilines is 1. The maximum Gasteiger partial charge on any atom is 0.242 e. The van der Waals surface area contributed by atoms with Crippen LogP contribution in [0.3, 0.4) is 0 Å². The first-order valence-corrected chi connectivity index (χ1v) is 13.8. The molecule has 0 N–H and O–H groups in total. The second-order valence-electron chi connectivity index (χ2n) is 11.1. The molecule has 2 aliphatic carbocycles. The van der Waals surface area contributed by atoms with Gasteiger partial charge in [0.25, 0.3) is 0 Å². The SMILES string of the molecule is CN1C(=O)CN(c2nc3cc(C#N)nc(-c4cncc(Cl)c4)c3n2C[C@H]2CC[C@H](C)CC2)[C@H]2CCC[C@@H]21. The van der Waals surface area contributed by atoms with Gasteiger partial charge >= 0.3 is 0 Å². The fraction of sp³-hybridized carbons (Fsp3) is 0.536. The van der Waals surface area contributed by atoms with Crippen molar-refractivity contribution in [2.24, 2.45) is 11.8 Å². The third kappa shape index (κ3) is 4.33. The van der Waals surface area contributed by atoms with E-state index in [0.717, 1.165) is 54.3 Å². The van der Waals surface area contributed by atoms with Crippen molar-refractivity contribution < 1.29 is 4.79 Å². The predicted octanol–water partition coefficient (Wildman–Crippen LogP) is 5.04. The third-order valence-electron chi connectivity index (χ3n) is 8.67. The molecule has 0 bridgehead atoms. The van der Waals surface area contributed by atoms with Crippen LogP contribution >= 0.6 is 11.6 Å². The number of fused-ring (bicyclic) bond motifs is 2. The van der Waals surface area contributed by atoms with Gasteiger partial charge < -0.3 is 14.4 Å². The minimum absolute atomic E-state index is 0.128. The zero-order valence-electron chi connectivity index (χ0n) is 21.4. The number of likely N-dealkylation sites (N-methyl/N-ethyl adjacent to an activating group) is 1. The average Bonchev–Trinajstić information content (AvgIpc) is 3.53. The first-order valence-electron chi connectivity index (χ1n) is 13.4. The summed E-state index contributed by atoms with van der Waals surface area (Å²) in [5, 5.41) is 10.3. The Morgan fingerprint density at radius 3 is 2.62 bits per heavy atom. The van der Waals surface area contributed by atoms with Crippen LogP contribution in [0, 0.1) is 23.2 Å². The van der Waals surface area contributed by atoms with Crippen LogP contribution in [0.25, 0.3) is 22.3 Å². The number of nitrogens with zero attached hydrogens (tertiary/aromatic N) is 7. The van der Waals surface area contributed by atoms with Crippen LogP contribution in [0.2, 0.25) is 5.02 Å². The summed E-state index contributed by atoms with van der Waals surface area (Å²) in [6.45, 7) is 3.46. The second kappa shape index (κ2) is 9.60. The molecule has 2 saturated carbocycles. The molecular formula is C28H32ClN7O. The first-order chi connectivity index (χ1) is 17.9. The fourth-order valence-corrected chi connectivity index (χ4v) is 6.79. The number of carbonyl (C=O) groups excluding carboxylic acids is 1. The van der Waals surface area contributed by atoms with Crippen LogP contribution < -0.4 is 4.90 Å². The van der Waals surface area contributed by atoms with Crippen molar-refractivity contribution in [3.8, 4) is 17.3 Å². The Labute approximate surface area is 222 Å². The highest BCUT2D eigenvalue weighted by Gasteiger charge is 2.43. The summed E-state index contributed by atoms with van der Waals surface area (Å²) in [6.07, 6.45) is 11.3. The number of carbonyl (C=O) groups is 1. The van der Waals surface area contributed by atoms with Gasteiger partial charge in [-0.1, -0.05) is 31.4 Å². The zero-order valence-corrected chi connectivity index (χ0v) is 22.2. The molecule has 8 nitrogen and oxygen atoms in total. The highest BCUT2D eigenvalue weighted by atomic mass is 35.5. The Bertz CT molecular complexity index is 1390. The lowest BCUT2D eigenvalue weighted by atomic mass is 9.83. The van der Waals surface area contributed by atoms with Gasteiger partial charge in [-0.05, 0) is 50.0 Å². The van der Waals surface area contributed by atoms with Crippen molar-refractivity contribution in [1.29, 1.82) is 5.26 Å². The van der Waals surface area contributed by atoms with Gasteiger partial charge in [0.2, 0.25) is 11.9 Å². The second-order valence-corrected chi connectivity index (χ2v) is 11.5. The van der Waals surface area contributed by atoms with Crippen LogP contribution in [0.4, 0.5) is 5.95 Å². The lowest BCUT2D eigenvalue weighted by Gasteiger charge is -2.43. The summed E-state index contributed by atoms with van der Waals surface area (Å²) >= 11 is 6.32. The van der Waals surface area contributed by atoms with Crippen LogP contribution in [0.15, 0.2) is 24.5 Å². The molecule has 3 aromatic heterocycles. The first kappa shape index (κ1) is 24.2. The molecule has 9 heteroatoms. The summed E-state index contributed by atoms with van der Waals surface area (Å²) in [7, 11) is 1.93. The number of nitriles is 1. The molecule has 37 heavy (non-hydrogen) atoms. The van der Waals surface area contributed by atoms with Crippen molar-refractivity contribution in [3.63, 3.8) is 0 Å². The van der Waals surface area contributed by atoms with E-state index in [9.17, 15) is 10.1 Å². The molecule has 1 saturated heterocycles. The van der Waals surface area contributed by atoms with Gasteiger partial charge in [0.15, 0.2) is 0 Å². The van der Waals surface area contributed by atoms with Crippen LogP contribution in [-0.2, 0) is 11.3 Å². The highest BCUT2D eigenvalue weighted by Crippen LogP contribution is 2.39. The minimum Gasteiger partial charge on any atom is -0.339 e. The summed E-state index contributed by atoms with van der Waals surface area (Å²) in [4.78, 5) is 31.4. The van der Waals surface area contributed by atoms with E-state index in [-0.39, 0.29) is 18.0 Å². The summed E-state index contributed by atoms with van der Waals surface area (Å²) in [5.74, 6) is 2.23. The number of halogens is 1. The monoisotopic (exact) mass is 517 g/mol. The van der Waals surface area contributed by atoms with Crippen LogP contribution in [0.1, 0.15) is 57.6 Å². The van der Waals surface area contributed by atoms with Crippen LogP contribution in [0.5, 0.6) is 0 Å². The number of rotatable bonds is 4. The van der Waals surface area contributed by atoms with Gasteiger partial charge in [-0.15, -0.1) is 0 Å². The van der Waals surface area contributed by atoms with Crippen LogP contribution in [-0.4, -0.2) is 56.0 Å². The molecule has 0 spiro atoms. The molecule has 1 amide bonds. The fourth-order valence-electron chi connectivity index (χ4n) is 6.62. The molecule has 0 unspecified atom stereocenters. The number of imidazole rings is 1. The van der Waals surface area contributed by atoms with Gasteiger partial charge in [-0.3, -0.25) is 9.78 Å². The van der Waals surface area contributed by atoms with E-state index in [1.807, 2.05) is 18.0 Å². The van der Waals surface area contributed by atoms with Gasteiger partial charge in [0.05, 0.1) is 33.8 Å². The van der Waals surface area contributed by atoms with Crippen molar-refractivity contribution in [2.45, 2.75) is 70.5 Å². The smallest absolute Gasteiger partial charge is 0.242 e. The van der Waals surface area contributed by atoms with E-state index >= 15 is 0 Å². The van der Waals surface area contributed by atoms with E-state index < -0.39 is 0 Å². The predicted molar refractivity (Wildman–Crippen MR) is 143 cm³/mol. The minimum atomic E-state index is 0.128. The molecule has 0 aromatic carbocycles. The summed E-state index contributed by atoms with van der Waals surface area (Å²) in [5.41, 5.74) is 3.33. The average molecular weight is 518 g/mol. The summed E-state index contributed by atoms with van der Waals surface area (Å²) < 4.78 is 2.29.